The van der Waals surface area contributed by atoms with E-state index < -0.39 is 0 Å². The molecule has 0 bridgehead atoms. The van der Waals surface area contributed by atoms with Crippen molar-refractivity contribution in [1.82, 2.24) is 10.2 Å². The van der Waals surface area contributed by atoms with Gasteiger partial charge in [0.05, 0.1) is 6.61 Å². The number of rotatable bonds is 6. The highest BCUT2D eigenvalue weighted by Gasteiger charge is 2.06. The Hall–Kier alpha value is -0.890. The summed E-state index contributed by atoms with van der Waals surface area (Å²) in [5.41, 5.74) is 1.04. The lowest BCUT2D eigenvalue weighted by molar-refractivity contribution is 0.152. The van der Waals surface area contributed by atoms with Gasteiger partial charge >= 0.3 is 0 Å². The van der Waals surface area contributed by atoms with Crippen molar-refractivity contribution in [3.63, 3.8) is 0 Å². The maximum atomic E-state index is 12.8. The third-order valence-electron chi connectivity index (χ3n) is 2.64. The topological polar surface area (TPSA) is 36.9 Å². The Labute approximate surface area is 137 Å². The van der Waals surface area contributed by atoms with Crippen molar-refractivity contribution in [2.75, 3.05) is 33.9 Å². The van der Waals surface area contributed by atoms with E-state index in [0.717, 1.165) is 11.5 Å². The lowest BCUT2D eigenvalue weighted by atomic mass is 10.2. The zero-order valence-corrected chi connectivity index (χ0v) is 14.6. The summed E-state index contributed by atoms with van der Waals surface area (Å²) in [5, 5.41) is 3.21. The van der Waals surface area contributed by atoms with Gasteiger partial charge in [0.15, 0.2) is 5.96 Å². The minimum Gasteiger partial charge on any atom is -0.380 e. The summed E-state index contributed by atoms with van der Waals surface area (Å²) < 4.78 is 18.1. The molecule has 0 atom stereocenters. The fourth-order valence-corrected chi connectivity index (χ4v) is 1.70. The fourth-order valence-electron chi connectivity index (χ4n) is 1.70. The molecule has 1 rings (SSSR count). The molecule has 0 amide bonds. The standard InChI is InChI=1S/C14H22FN3O.HI/c1-4-19-10-9-17-14(16-2)18(3)11-12-5-7-13(15)8-6-12;/h5-8H,4,9-11H2,1-3H3,(H,16,17);1H. The molecule has 0 aliphatic rings. The molecule has 20 heavy (non-hydrogen) atoms. The molecule has 0 aliphatic carbocycles. The summed E-state index contributed by atoms with van der Waals surface area (Å²) in [5.74, 6) is 0.578. The van der Waals surface area contributed by atoms with E-state index in [1.54, 1.807) is 19.2 Å². The Morgan fingerprint density at radius 1 is 1.35 bits per heavy atom. The number of hydrogen-bond donors (Lipinski definition) is 1. The van der Waals surface area contributed by atoms with Gasteiger partial charge in [-0.1, -0.05) is 12.1 Å². The summed E-state index contributed by atoms with van der Waals surface area (Å²) in [6.07, 6.45) is 0. The lowest BCUT2D eigenvalue weighted by Crippen LogP contribution is -2.39. The van der Waals surface area contributed by atoms with Gasteiger partial charge in [-0.2, -0.15) is 0 Å². The third kappa shape index (κ3) is 7.04. The van der Waals surface area contributed by atoms with Gasteiger partial charge in [-0.15, -0.1) is 24.0 Å². The fraction of sp³-hybridized carbons (Fsp3) is 0.500. The van der Waals surface area contributed by atoms with Crippen molar-refractivity contribution in [3.05, 3.63) is 35.6 Å². The van der Waals surface area contributed by atoms with Crippen LogP contribution in [0.5, 0.6) is 0 Å². The van der Waals surface area contributed by atoms with Crippen LogP contribution in [0.25, 0.3) is 0 Å². The van der Waals surface area contributed by atoms with Crippen molar-refractivity contribution in [1.29, 1.82) is 0 Å². The number of hydrogen-bond acceptors (Lipinski definition) is 2. The SMILES string of the molecule is CCOCCNC(=NC)N(C)Cc1ccc(F)cc1.I. The van der Waals surface area contributed by atoms with E-state index in [1.807, 2.05) is 18.9 Å². The van der Waals surface area contributed by atoms with E-state index in [2.05, 4.69) is 10.3 Å². The molecule has 0 unspecified atom stereocenters. The number of ether oxygens (including phenoxy) is 1. The summed E-state index contributed by atoms with van der Waals surface area (Å²) in [7, 11) is 3.68. The smallest absolute Gasteiger partial charge is 0.193 e. The number of aliphatic imine (C=N–C) groups is 1. The molecule has 1 aromatic carbocycles. The van der Waals surface area contributed by atoms with Crippen molar-refractivity contribution in [2.24, 2.45) is 4.99 Å². The monoisotopic (exact) mass is 395 g/mol. The average Bonchev–Trinajstić information content (AvgIpc) is 2.41. The highest BCUT2D eigenvalue weighted by Crippen LogP contribution is 2.05. The van der Waals surface area contributed by atoms with E-state index in [9.17, 15) is 4.39 Å². The summed E-state index contributed by atoms with van der Waals surface area (Å²) in [6.45, 7) is 4.73. The van der Waals surface area contributed by atoms with Gasteiger partial charge in [0, 0.05) is 33.8 Å². The predicted octanol–water partition coefficient (Wildman–Crippen LogP) is 2.49. The van der Waals surface area contributed by atoms with Crippen LogP contribution in [-0.4, -0.2) is 44.7 Å². The Balaban J connectivity index is 0.00000361. The average molecular weight is 395 g/mol. The van der Waals surface area contributed by atoms with E-state index >= 15 is 0 Å². The molecular formula is C14H23FIN3O. The predicted molar refractivity (Wildman–Crippen MR) is 91.1 cm³/mol. The molecule has 0 radical (unpaired) electrons. The van der Waals surface area contributed by atoms with Crippen molar-refractivity contribution in [2.45, 2.75) is 13.5 Å². The van der Waals surface area contributed by atoms with Crippen LogP contribution in [0.4, 0.5) is 4.39 Å². The molecule has 0 saturated carbocycles. The molecule has 1 aromatic rings. The molecule has 1 N–H and O–H groups in total. The van der Waals surface area contributed by atoms with Gasteiger partial charge in [0.25, 0.3) is 0 Å². The molecular weight excluding hydrogens is 372 g/mol. The Morgan fingerprint density at radius 2 is 2.00 bits per heavy atom. The first kappa shape index (κ1) is 19.1. The number of benzene rings is 1. The van der Waals surface area contributed by atoms with E-state index in [1.165, 1.54) is 12.1 Å². The Bertz CT molecular complexity index is 398. The Kier molecular flexibility index (Phi) is 10.4. The van der Waals surface area contributed by atoms with Crippen molar-refractivity contribution < 1.29 is 9.13 Å². The number of guanidine groups is 1. The number of nitrogens with zero attached hydrogens (tertiary/aromatic N) is 2. The Morgan fingerprint density at radius 3 is 2.55 bits per heavy atom. The van der Waals surface area contributed by atoms with Crippen LogP contribution in [0.1, 0.15) is 12.5 Å². The third-order valence-corrected chi connectivity index (χ3v) is 2.64. The maximum Gasteiger partial charge on any atom is 0.193 e. The van der Waals surface area contributed by atoms with E-state index in [0.29, 0.717) is 26.3 Å². The first-order valence-corrected chi connectivity index (χ1v) is 6.41. The molecule has 0 aromatic heterocycles. The van der Waals surface area contributed by atoms with Gasteiger partial charge < -0.3 is 15.0 Å². The second-order valence-corrected chi connectivity index (χ2v) is 4.15. The quantitative estimate of drug-likeness (QED) is 0.348. The second-order valence-electron chi connectivity index (χ2n) is 4.15. The molecule has 4 nitrogen and oxygen atoms in total. The van der Waals surface area contributed by atoms with Crippen LogP contribution >= 0.6 is 24.0 Å². The highest BCUT2D eigenvalue weighted by atomic mass is 127. The van der Waals surface area contributed by atoms with Gasteiger partial charge in [-0.3, -0.25) is 4.99 Å². The highest BCUT2D eigenvalue weighted by molar-refractivity contribution is 14.0. The van der Waals surface area contributed by atoms with Gasteiger partial charge in [0.2, 0.25) is 0 Å². The summed E-state index contributed by atoms with van der Waals surface area (Å²) in [6, 6.07) is 6.49. The zero-order valence-electron chi connectivity index (χ0n) is 12.2. The first-order valence-electron chi connectivity index (χ1n) is 6.41. The molecule has 0 spiro atoms. The van der Waals surface area contributed by atoms with Gasteiger partial charge in [-0.25, -0.2) is 4.39 Å². The molecule has 0 fully saturated rings. The second kappa shape index (κ2) is 10.8. The van der Waals surface area contributed by atoms with Crippen LogP contribution in [0.2, 0.25) is 0 Å². The normalized spacial score (nSPS) is 10.9. The van der Waals surface area contributed by atoms with Crippen LogP contribution < -0.4 is 5.32 Å². The van der Waals surface area contributed by atoms with Crippen LogP contribution in [0.15, 0.2) is 29.3 Å². The molecule has 6 heteroatoms. The maximum absolute atomic E-state index is 12.8. The number of nitrogens with one attached hydrogen (secondary N) is 1. The van der Waals surface area contributed by atoms with Gasteiger partial charge in [-0.05, 0) is 24.6 Å². The largest absolute Gasteiger partial charge is 0.380 e. The summed E-state index contributed by atoms with van der Waals surface area (Å²) in [4.78, 5) is 6.19. The molecule has 0 aliphatic heterocycles. The molecule has 0 saturated heterocycles. The first-order chi connectivity index (χ1) is 9.17. The van der Waals surface area contributed by atoms with Crippen molar-refractivity contribution in [3.8, 4) is 0 Å². The zero-order chi connectivity index (χ0) is 14.1. The summed E-state index contributed by atoms with van der Waals surface area (Å²) >= 11 is 0. The van der Waals surface area contributed by atoms with Gasteiger partial charge in [0.1, 0.15) is 5.82 Å². The minimum absolute atomic E-state index is 0. The molecule has 0 heterocycles. The van der Waals surface area contributed by atoms with E-state index in [4.69, 9.17) is 4.74 Å². The van der Waals surface area contributed by atoms with Crippen molar-refractivity contribution >= 4 is 29.9 Å². The number of halogens is 2. The van der Waals surface area contributed by atoms with Crippen LogP contribution in [0, 0.1) is 5.82 Å². The lowest BCUT2D eigenvalue weighted by Gasteiger charge is -2.22. The van der Waals surface area contributed by atoms with Crippen LogP contribution in [-0.2, 0) is 11.3 Å². The minimum atomic E-state index is -0.217. The van der Waals surface area contributed by atoms with Crippen LogP contribution in [0.3, 0.4) is 0 Å². The van der Waals surface area contributed by atoms with E-state index in [-0.39, 0.29) is 29.8 Å². The molecule has 114 valence electrons.